The van der Waals surface area contributed by atoms with E-state index < -0.39 is 11.9 Å². The van der Waals surface area contributed by atoms with Crippen molar-refractivity contribution in [3.8, 4) is 0 Å². The summed E-state index contributed by atoms with van der Waals surface area (Å²) in [6.45, 7) is 2.50. The van der Waals surface area contributed by atoms with E-state index in [4.69, 9.17) is 5.11 Å². The first-order valence-corrected chi connectivity index (χ1v) is 6.31. The number of halogens is 1. The maximum Gasteiger partial charge on any atom is 0.321 e. The van der Waals surface area contributed by atoms with Gasteiger partial charge in [-0.25, -0.2) is 4.79 Å². The normalized spacial score (nSPS) is 15.1. The van der Waals surface area contributed by atoms with Gasteiger partial charge in [-0.2, -0.15) is 0 Å². The fourth-order valence-electron chi connectivity index (χ4n) is 1.67. The number of likely N-dealkylation sites (tertiary alicyclic amines) is 1. The first-order chi connectivity index (χ1) is 8.47. The number of amides is 2. The fourth-order valence-corrected chi connectivity index (χ4v) is 2.05. The molecule has 0 spiro atoms. The highest BCUT2D eigenvalue weighted by atomic mass is 79.9. The van der Waals surface area contributed by atoms with Gasteiger partial charge in [0.1, 0.15) is 0 Å². The summed E-state index contributed by atoms with van der Waals surface area (Å²) in [6.07, 6.45) is 0. The molecule has 2 rings (SSSR count). The molecule has 1 fully saturated rings. The summed E-state index contributed by atoms with van der Waals surface area (Å²) in [7, 11) is 0. The molecule has 2 N–H and O–H groups in total. The van der Waals surface area contributed by atoms with Crippen LogP contribution < -0.4 is 5.32 Å². The molecule has 6 heteroatoms. The Morgan fingerprint density at radius 3 is 2.67 bits per heavy atom. The van der Waals surface area contributed by atoms with E-state index in [1.165, 1.54) is 4.90 Å². The van der Waals surface area contributed by atoms with Crippen molar-refractivity contribution in [2.75, 3.05) is 18.4 Å². The van der Waals surface area contributed by atoms with Crippen LogP contribution in [0.2, 0.25) is 0 Å². The molecule has 0 saturated carbocycles. The molecule has 1 saturated heterocycles. The first kappa shape index (κ1) is 12.9. The van der Waals surface area contributed by atoms with E-state index in [1.54, 1.807) is 0 Å². The van der Waals surface area contributed by atoms with Gasteiger partial charge < -0.3 is 15.3 Å². The van der Waals surface area contributed by atoms with Crippen LogP contribution in [-0.4, -0.2) is 35.1 Å². The fraction of sp³-hybridized carbons (Fsp3) is 0.333. The van der Waals surface area contributed by atoms with Crippen molar-refractivity contribution in [3.05, 3.63) is 28.2 Å². The Bertz CT molecular complexity index is 498. The molecule has 0 aliphatic carbocycles. The van der Waals surface area contributed by atoms with Gasteiger partial charge in [0.2, 0.25) is 0 Å². The predicted octanol–water partition coefficient (Wildman–Crippen LogP) is 2.31. The SMILES string of the molecule is Cc1ccc(NC(=O)N2CC(C(=O)O)C2)cc1Br. The Hall–Kier alpha value is -1.56. The van der Waals surface area contributed by atoms with Gasteiger partial charge in [-0.1, -0.05) is 22.0 Å². The van der Waals surface area contributed by atoms with E-state index in [-0.39, 0.29) is 19.1 Å². The third kappa shape index (κ3) is 2.64. The Balaban J connectivity index is 1.92. The number of carbonyl (C=O) groups excluding carboxylic acids is 1. The van der Waals surface area contributed by atoms with Gasteiger partial charge in [-0.15, -0.1) is 0 Å². The molecule has 0 aromatic heterocycles. The summed E-state index contributed by atoms with van der Waals surface area (Å²) in [4.78, 5) is 23.9. The lowest BCUT2D eigenvalue weighted by molar-refractivity contribution is -0.145. The van der Waals surface area contributed by atoms with Gasteiger partial charge in [0.15, 0.2) is 0 Å². The average molecular weight is 313 g/mol. The molecule has 1 heterocycles. The Morgan fingerprint density at radius 1 is 1.44 bits per heavy atom. The van der Waals surface area contributed by atoms with Crippen LogP contribution >= 0.6 is 15.9 Å². The lowest BCUT2D eigenvalue weighted by atomic mass is 10.0. The zero-order chi connectivity index (χ0) is 13.3. The third-order valence-electron chi connectivity index (χ3n) is 2.94. The largest absolute Gasteiger partial charge is 0.481 e. The number of benzene rings is 1. The second-order valence-electron chi connectivity index (χ2n) is 4.33. The molecule has 1 aliphatic heterocycles. The first-order valence-electron chi connectivity index (χ1n) is 5.52. The number of carboxylic acid groups (broad SMARTS) is 1. The van der Waals surface area contributed by atoms with E-state index in [2.05, 4.69) is 21.2 Å². The predicted molar refractivity (Wildman–Crippen MR) is 70.6 cm³/mol. The van der Waals surface area contributed by atoms with E-state index in [0.29, 0.717) is 5.69 Å². The second-order valence-corrected chi connectivity index (χ2v) is 5.19. The molecule has 1 aliphatic rings. The van der Waals surface area contributed by atoms with Crippen molar-refractivity contribution in [1.82, 2.24) is 4.90 Å². The van der Waals surface area contributed by atoms with Gasteiger partial charge >= 0.3 is 12.0 Å². The van der Waals surface area contributed by atoms with Crippen LogP contribution in [-0.2, 0) is 4.79 Å². The van der Waals surface area contributed by atoms with Crippen molar-refractivity contribution >= 4 is 33.6 Å². The number of hydrogen-bond acceptors (Lipinski definition) is 2. The number of rotatable bonds is 2. The maximum atomic E-state index is 11.8. The van der Waals surface area contributed by atoms with Crippen molar-refractivity contribution in [2.24, 2.45) is 5.92 Å². The van der Waals surface area contributed by atoms with Crippen molar-refractivity contribution < 1.29 is 14.7 Å². The minimum absolute atomic E-state index is 0.261. The van der Waals surface area contributed by atoms with Gasteiger partial charge in [0.05, 0.1) is 5.92 Å². The van der Waals surface area contributed by atoms with Gasteiger partial charge in [0, 0.05) is 23.2 Å². The zero-order valence-electron chi connectivity index (χ0n) is 9.81. The molecular weight excluding hydrogens is 300 g/mol. The van der Waals surface area contributed by atoms with E-state index in [9.17, 15) is 9.59 Å². The number of nitrogens with one attached hydrogen (secondary N) is 1. The summed E-state index contributed by atoms with van der Waals surface area (Å²) < 4.78 is 0.923. The van der Waals surface area contributed by atoms with E-state index in [0.717, 1.165) is 10.0 Å². The van der Waals surface area contributed by atoms with Crippen molar-refractivity contribution in [2.45, 2.75) is 6.92 Å². The molecule has 0 bridgehead atoms. The van der Waals surface area contributed by atoms with Crippen LogP contribution in [0, 0.1) is 12.8 Å². The molecule has 0 unspecified atom stereocenters. The average Bonchev–Trinajstić information content (AvgIpc) is 2.20. The number of hydrogen-bond donors (Lipinski definition) is 2. The summed E-state index contributed by atoms with van der Waals surface area (Å²) in [6, 6.07) is 5.27. The van der Waals surface area contributed by atoms with Crippen LogP contribution in [0.4, 0.5) is 10.5 Å². The Morgan fingerprint density at radius 2 is 2.11 bits per heavy atom. The lowest BCUT2D eigenvalue weighted by Gasteiger charge is -2.36. The summed E-state index contributed by atoms with van der Waals surface area (Å²) in [5.41, 5.74) is 1.78. The highest BCUT2D eigenvalue weighted by Gasteiger charge is 2.35. The van der Waals surface area contributed by atoms with Gasteiger partial charge in [0.25, 0.3) is 0 Å². The molecule has 0 atom stereocenters. The minimum Gasteiger partial charge on any atom is -0.481 e. The molecule has 18 heavy (non-hydrogen) atoms. The number of carboxylic acids is 1. The molecule has 0 radical (unpaired) electrons. The maximum absolute atomic E-state index is 11.8. The molecule has 1 aromatic rings. The Labute approximate surface area is 113 Å². The third-order valence-corrected chi connectivity index (χ3v) is 3.80. The quantitative estimate of drug-likeness (QED) is 0.880. The number of anilines is 1. The molecule has 96 valence electrons. The van der Waals surface area contributed by atoms with Crippen LogP contribution in [0.1, 0.15) is 5.56 Å². The summed E-state index contributed by atoms with van der Waals surface area (Å²) in [5.74, 6) is -1.28. The monoisotopic (exact) mass is 312 g/mol. The van der Waals surface area contributed by atoms with Crippen molar-refractivity contribution in [1.29, 1.82) is 0 Å². The summed E-state index contributed by atoms with van der Waals surface area (Å²) in [5, 5.41) is 11.5. The lowest BCUT2D eigenvalue weighted by Crippen LogP contribution is -2.54. The highest BCUT2D eigenvalue weighted by molar-refractivity contribution is 9.10. The number of carbonyl (C=O) groups is 2. The van der Waals surface area contributed by atoms with Gasteiger partial charge in [-0.3, -0.25) is 4.79 Å². The van der Waals surface area contributed by atoms with Crippen LogP contribution in [0.15, 0.2) is 22.7 Å². The second kappa shape index (κ2) is 4.97. The van der Waals surface area contributed by atoms with E-state index >= 15 is 0 Å². The number of aryl methyl sites for hydroxylation is 1. The summed E-state index contributed by atoms with van der Waals surface area (Å²) >= 11 is 3.39. The van der Waals surface area contributed by atoms with Crippen LogP contribution in [0.25, 0.3) is 0 Å². The Kier molecular flexibility index (Phi) is 3.56. The number of nitrogens with zero attached hydrogens (tertiary/aromatic N) is 1. The van der Waals surface area contributed by atoms with Crippen molar-refractivity contribution in [3.63, 3.8) is 0 Å². The molecular formula is C12H13BrN2O3. The number of aliphatic carboxylic acids is 1. The van der Waals surface area contributed by atoms with Crippen LogP contribution in [0.5, 0.6) is 0 Å². The highest BCUT2D eigenvalue weighted by Crippen LogP contribution is 2.22. The molecule has 1 aromatic carbocycles. The standard InChI is InChI=1S/C12H13BrN2O3/c1-7-2-3-9(4-10(7)13)14-12(18)15-5-8(6-15)11(16)17/h2-4,8H,5-6H2,1H3,(H,14,18)(H,16,17). The smallest absolute Gasteiger partial charge is 0.321 e. The molecule has 2 amide bonds. The van der Waals surface area contributed by atoms with E-state index in [1.807, 2.05) is 25.1 Å². The molecule has 5 nitrogen and oxygen atoms in total. The minimum atomic E-state index is -0.850. The zero-order valence-corrected chi connectivity index (χ0v) is 11.4. The van der Waals surface area contributed by atoms with Crippen LogP contribution in [0.3, 0.4) is 0 Å². The topological polar surface area (TPSA) is 69.6 Å². The van der Waals surface area contributed by atoms with Gasteiger partial charge in [-0.05, 0) is 24.6 Å². The number of urea groups is 1.